The molecule has 0 bridgehead atoms. The van der Waals surface area contributed by atoms with Crippen LogP contribution in [0, 0.1) is 5.82 Å². The van der Waals surface area contributed by atoms with Gasteiger partial charge >= 0.3 is 0 Å². The molecule has 0 unspecified atom stereocenters. The van der Waals surface area contributed by atoms with Crippen molar-refractivity contribution in [2.24, 2.45) is 0 Å². The Morgan fingerprint density at radius 3 is 2.82 bits per heavy atom. The van der Waals surface area contributed by atoms with E-state index in [1.54, 1.807) is 30.5 Å². The molecule has 1 heterocycles. The van der Waals surface area contributed by atoms with E-state index in [0.717, 1.165) is 5.56 Å². The van der Waals surface area contributed by atoms with Crippen LogP contribution in [0.5, 0.6) is 5.88 Å². The second kappa shape index (κ2) is 5.64. The second-order valence-corrected chi connectivity index (χ2v) is 3.78. The van der Waals surface area contributed by atoms with Gasteiger partial charge in [-0.05, 0) is 17.7 Å². The van der Waals surface area contributed by atoms with Gasteiger partial charge in [-0.2, -0.15) is 0 Å². The predicted octanol–water partition coefficient (Wildman–Crippen LogP) is 3.54. The van der Waals surface area contributed by atoms with Gasteiger partial charge in [-0.3, -0.25) is 0 Å². The molecule has 1 aromatic heterocycles. The summed E-state index contributed by atoms with van der Waals surface area (Å²) in [6, 6.07) is 10.1. The Hall–Kier alpha value is -1.61. The maximum Gasteiger partial charge on any atom is 0.213 e. The monoisotopic (exact) mass is 251 g/mol. The highest BCUT2D eigenvalue weighted by Crippen LogP contribution is 2.14. The molecule has 0 aliphatic rings. The van der Waals surface area contributed by atoms with Gasteiger partial charge in [0.25, 0.3) is 0 Å². The summed E-state index contributed by atoms with van der Waals surface area (Å²) in [4.78, 5) is 4.03. The van der Waals surface area contributed by atoms with E-state index in [1.165, 1.54) is 6.07 Å². The lowest BCUT2D eigenvalue weighted by atomic mass is 10.2. The largest absolute Gasteiger partial charge is 0.473 e. The Bertz CT molecular complexity index is 504. The van der Waals surface area contributed by atoms with Crippen molar-refractivity contribution in [3.8, 4) is 5.88 Å². The molecule has 2 aromatic rings. The first-order valence-electron chi connectivity index (χ1n) is 5.16. The fourth-order valence-corrected chi connectivity index (χ4v) is 1.55. The minimum absolute atomic E-state index is 0.158. The molecule has 0 fully saturated rings. The molecule has 2 rings (SSSR count). The molecule has 0 saturated heterocycles. The average Bonchev–Trinajstić information content (AvgIpc) is 2.38. The number of halogens is 2. The minimum Gasteiger partial charge on any atom is -0.473 e. The van der Waals surface area contributed by atoms with Gasteiger partial charge in [0, 0.05) is 23.7 Å². The number of alkyl halides is 1. The molecule has 0 aliphatic heterocycles. The maximum absolute atomic E-state index is 13.3. The Morgan fingerprint density at radius 1 is 1.24 bits per heavy atom. The first-order valence-corrected chi connectivity index (χ1v) is 5.70. The molecule has 0 spiro atoms. The van der Waals surface area contributed by atoms with Gasteiger partial charge in [0.05, 0.1) is 0 Å². The van der Waals surface area contributed by atoms with E-state index in [1.807, 2.05) is 6.07 Å². The molecule has 2 nitrogen and oxygen atoms in total. The molecule has 0 saturated carbocycles. The molecule has 1 aromatic carbocycles. The molecular formula is C13H11ClFNO. The van der Waals surface area contributed by atoms with Gasteiger partial charge in [-0.25, -0.2) is 9.37 Å². The summed E-state index contributed by atoms with van der Waals surface area (Å²) in [7, 11) is 0. The third kappa shape index (κ3) is 3.17. The zero-order valence-electron chi connectivity index (χ0n) is 9.07. The highest BCUT2D eigenvalue weighted by molar-refractivity contribution is 6.17. The number of aromatic nitrogens is 1. The van der Waals surface area contributed by atoms with Crippen LogP contribution in [0.1, 0.15) is 11.1 Å². The summed E-state index contributed by atoms with van der Waals surface area (Å²) in [5.74, 6) is 0.575. The van der Waals surface area contributed by atoms with E-state index in [-0.39, 0.29) is 12.4 Å². The van der Waals surface area contributed by atoms with Crippen LogP contribution < -0.4 is 4.74 Å². The van der Waals surface area contributed by atoms with Crippen molar-refractivity contribution < 1.29 is 9.13 Å². The summed E-state index contributed by atoms with van der Waals surface area (Å²) < 4.78 is 18.7. The lowest BCUT2D eigenvalue weighted by Gasteiger charge is -2.06. The van der Waals surface area contributed by atoms with Gasteiger partial charge in [0.2, 0.25) is 5.88 Å². The molecule has 0 amide bonds. The number of rotatable bonds is 4. The van der Waals surface area contributed by atoms with E-state index in [2.05, 4.69) is 4.98 Å². The van der Waals surface area contributed by atoms with Gasteiger partial charge in [0.1, 0.15) is 12.4 Å². The maximum atomic E-state index is 13.3. The zero-order valence-corrected chi connectivity index (χ0v) is 9.82. The van der Waals surface area contributed by atoms with E-state index < -0.39 is 0 Å². The molecule has 0 aliphatic carbocycles. The summed E-state index contributed by atoms with van der Waals surface area (Å²) in [6.07, 6.45) is 1.62. The Balaban J connectivity index is 2.05. The number of hydrogen-bond acceptors (Lipinski definition) is 2. The topological polar surface area (TPSA) is 22.1 Å². The average molecular weight is 252 g/mol. The van der Waals surface area contributed by atoms with Crippen molar-refractivity contribution >= 4 is 11.6 Å². The van der Waals surface area contributed by atoms with Crippen molar-refractivity contribution in [3.05, 3.63) is 59.5 Å². The Kier molecular flexibility index (Phi) is 3.94. The summed E-state index contributed by atoms with van der Waals surface area (Å²) in [5, 5.41) is 0. The smallest absolute Gasteiger partial charge is 0.213 e. The molecule has 0 N–H and O–H groups in total. The van der Waals surface area contributed by atoms with Crippen molar-refractivity contribution in [2.75, 3.05) is 0 Å². The first kappa shape index (κ1) is 11.9. The van der Waals surface area contributed by atoms with E-state index in [0.29, 0.717) is 17.3 Å². The van der Waals surface area contributed by atoms with Gasteiger partial charge in [-0.15, -0.1) is 11.6 Å². The number of ether oxygens (including phenoxy) is 1. The van der Waals surface area contributed by atoms with Crippen LogP contribution in [0.2, 0.25) is 0 Å². The van der Waals surface area contributed by atoms with Crippen molar-refractivity contribution in [2.45, 2.75) is 12.5 Å². The van der Waals surface area contributed by atoms with Crippen molar-refractivity contribution in [1.82, 2.24) is 4.98 Å². The lowest BCUT2D eigenvalue weighted by molar-refractivity contribution is 0.288. The SMILES string of the molecule is Fc1ccccc1COc1cc(CCl)ccn1. The van der Waals surface area contributed by atoms with Crippen LogP contribution in [-0.2, 0) is 12.5 Å². The van der Waals surface area contributed by atoms with E-state index >= 15 is 0 Å². The third-order valence-corrected chi connectivity index (χ3v) is 2.60. The zero-order chi connectivity index (χ0) is 12.1. The Labute approximate surface area is 104 Å². The highest BCUT2D eigenvalue weighted by Gasteiger charge is 2.02. The molecule has 4 heteroatoms. The van der Waals surface area contributed by atoms with Crippen LogP contribution in [0.25, 0.3) is 0 Å². The third-order valence-electron chi connectivity index (χ3n) is 2.29. The van der Waals surface area contributed by atoms with Crippen LogP contribution in [-0.4, -0.2) is 4.98 Å². The summed E-state index contributed by atoms with van der Waals surface area (Å²) in [5.41, 5.74) is 1.43. The molecule has 88 valence electrons. The van der Waals surface area contributed by atoms with Crippen molar-refractivity contribution in [1.29, 1.82) is 0 Å². The van der Waals surface area contributed by atoms with Crippen molar-refractivity contribution in [3.63, 3.8) is 0 Å². The summed E-state index contributed by atoms with van der Waals surface area (Å²) >= 11 is 5.70. The minimum atomic E-state index is -0.277. The van der Waals surface area contributed by atoms with E-state index in [9.17, 15) is 4.39 Å². The summed E-state index contributed by atoms with van der Waals surface area (Å²) in [6.45, 7) is 0.158. The van der Waals surface area contributed by atoms with Gasteiger partial charge in [-0.1, -0.05) is 18.2 Å². The van der Waals surface area contributed by atoms with Crippen LogP contribution in [0.4, 0.5) is 4.39 Å². The fourth-order valence-electron chi connectivity index (χ4n) is 1.38. The quantitative estimate of drug-likeness (QED) is 0.776. The molecule has 0 atom stereocenters. The predicted molar refractivity (Wildman–Crippen MR) is 64.5 cm³/mol. The van der Waals surface area contributed by atoms with Gasteiger partial charge in [0.15, 0.2) is 0 Å². The van der Waals surface area contributed by atoms with Crippen LogP contribution in [0.15, 0.2) is 42.6 Å². The first-order chi connectivity index (χ1) is 8.29. The van der Waals surface area contributed by atoms with Crippen LogP contribution in [0.3, 0.4) is 0 Å². The van der Waals surface area contributed by atoms with E-state index in [4.69, 9.17) is 16.3 Å². The molecular weight excluding hydrogens is 241 g/mol. The second-order valence-electron chi connectivity index (χ2n) is 3.52. The normalized spacial score (nSPS) is 10.2. The number of pyridine rings is 1. The fraction of sp³-hybridized carbons (Fsp3) is 0.154. The standard InChI is InChI=1S/C13H11ClFNO/c14-8-10-5-6-16-13(7-10)17-9-11-3-1-2-4-12(11)15/h1-7H,8-9H2. The molecule has 0 radical (unpaired) electrons. The highest BCUT2D eigenvalue weighted by atomic mass is 35.5. The number of benzene rings is 1. The van der Waals surface area contributed by atoms with Crippen LogP contribution >= 0.6 is 11.6 Å². The van der Waals surface area contributed by atoms with Gasteiger partial charge < -0.3 is 4.74 Å². The lowest BCUT2D eigenvalue weighted by Crippen LogP contribution is -1.99. The number of nitrogens with zero attached hydrogens (tertiary/aromatic N) is 1. The molecule has 17 heavy (non-hydrogen) atoms. The Morgan fingerprint density at radius 2 is 2.06 bits per heavy atom. The number of hydrogen-bond donors (Lipinski definition) is 0.